The van der Waals surface area contributed by atoms with Crippen LogP contribution in [0.4, 0.5) is 8.78 Å². The Hall–Kier alpha value is -2.44. The maximum atomic E-state index is 13.2. The highest BCUT2D eigenvalue weighted by molar-refractivity contribution is 5.85. The SMILES string of the molecule is O=C(O)c1cc(CCOc2ccc(F)cc2F)on1. The molecule has 0 amide bonds. The molecule has 0 unspecified atom stereocenters. The van der Waals surface area contributed by atoms with Crippen molar-refractivity contribution in [1.29, 1.82) is 0 Å². The van der Waals surface area contributed by atoms with E-state index in [1.807, 2.05) is 0 Å². The van der Waals surface area contributed by atoms with Crippen LogP contribution in [0.25, 0.3) is 0 Å². The minimum absolute atomic E-state index is 0.0524. The molecule has 7 heteroatoms. The molecule has 0 saturated carbocycles. The van der Waals surface area contributed by atoms with Crippen molar-refractivity contribution in [2.24, 2.45) is 0 Å². The van der Waals surface area contributed by atoms with Gasteiger partial charge in [0.05, 0.1) is 6.61 Å². The molecule has 100 valence electrons. The Kier molecular flexibility index (Phi) is 3.74. The number of hydrogen-bond donors (Lipinski definition) is 1. The summed E-state index contributed by atoms with van der Waals surface area (Å²) in [6.45, 7) is 0.0524. The van der Waals surface area contributed by atoms with Crippen molar-refractivity contribution in [3.63, 3.8) is 0 Å². The van der Waals surface area contributed by atoms with Gasteiger partial charge in [-0.3, -0.25) is 0 Å². The first-order chi connectivity index (χ1) is 9.06. The van der Waals surface area contributed by atoms with Crippen LogP contribution in [0.1, 0.15) is 16.2 Å². The topological polar surface area (TPSA) is 72.6 Å². The number of hydrogen-bond acceptors (Lipinski definition) is 4. The summed E-state index contributed by atoms with van der Waals surface area (Å²) in [6.07, 6.45) is 0.219. The monoisotopic (exact) mass is 269 g/mol. The third-order valence-corrected chi connectivity index (χ3v) is 2.28. The van der Waals surface area contributed by atoms with E-state index in [0.717, 1.165) is 6.07 Å². The molecule has 0 aliphatic carbocycles. The fourth-order valence-corrected chi connectivity index (χ4v) is 1.39. The normalized spacial score (nSPS) is 10.4. The molecular formula is C12H9F2NO4. The highest BCUT2D eigenvalue weighted by Crippen LogP contribution is 2.17. The van der Waals surface area contributed by atoms with E-state index in [9.17, 15) is 13.6 Å². The zero-order valence-corrected chi connectivity index (χ0v) is 9.60. The molecule has 0 atom stereocenters. The van der Waals surface area contributed by atoms with Gasteiger partial charge in [-0.25, -0.2) is 13.6 Å². The maximum Gasteiger partial charge on any atom is 0.358 e. The van der Waals surface area contributed by atoms with Gasteiger partial charge >= 0.3 is 5.97 Å². The number of aromatic carboxylic acids is 1. The van der Waals surface area contributed by atoms with Gasteiger partial charge in [-0.05, 0) is 12.1 Å². The highest BCUT2D eigenvalue weighted by atomic mass is 19.1. The van der Waals surface area contributed by atoms with E-state index in [1.165, 1.54) is 12.1 Å². The molecule has 1 heterocycles. The van der Waals surface area contributed by atoms with Gasteiger partial charge in [-0.15, -0.1) is 0 Å². The van der Waals surface area contributed by atoms with Crippen LogP contribution in [-0.2, 0) is 6.42 Å². The third-order valence-electron chi connectivity index (χ3n) is 2.28. The second-order valence-corrected chi connectivity index (χ2v) is 3.66. The molecule has 19 heavy (non-hydrogen) atoms. The number of carbonyl (C=O) groups is 1. The van der Waals surface area contributed by atoms with Gasteiger partial charge in [0.1, 0.15) is 11.6 Å². The summed E-state index contributed by atoms with van der Waals surface area (Å²) in [7, 11) is 0. The number of rotatable bonds is 5. The van der Waals surface area contributed by atoms with Crippen molar-refractivity contribution in [2.45, 2.75) is 6.42 Å². The molecule has 5 nitrogen and oxygen atoms in total. The first kappa shape index (κ1) is 13.0. The molecule has 0 aliphatic heterocycles. The number of carboxylic acid groups (broad SMARTS) is 1. The Bertz CT molecular complexity index is 597. The summed E-state index contributed by atoms with van der Waals surface area (Å²) >= 11 is 0. The maximum absolute atomic E-state index is 13.2. The molecular weight excluding hydrogens is 260 g/mol. The number of benzene rings is 1. The number of aromatic nitrogens is 1. The van der Waals surface area contributed by atoms with E-state index < -0.39 is 17.6 Å². The second-order valence-electron chi connectivity index (χ2n) is 3.66. The molecule has 0 aliphatic rings. The average molecular weight is 269 g/mol. The molecule has 0 fully saturated rings. The zero-order valence-electron chi connectivity index (χ0n) is 9.60. The zero-order chi connectivity index (χ0) is 13.8. The summed E-state index contributed by atoms with van der Waals surface area (Å²) in [5.41, 5.74) is -0.206. The van der Waals surface area contributed by atoms with Gasteiger partial charge in [0.25, 0.3) is 0 Å². The van der Waals surface area contributed by atoms with Crippen LogP contribution in [-0.4, -0.2) is 22.8 Å². The lowest BCUT2D eigenvalue weighted by Crippen LogP contribution is -2.02. The number of carboxylic acids is 1. The largest absolute Gasteiger partial charge is 0.490 e. The van der Waals surface area contributed by atoms with Crippen LogP contribution in [0.3, 0.4) is 0 Å². The van der Waals surface area contributed by atoms with E-state index in [0.29, 0.717) is 11.8 Å². The predicted octanol–water partition coefficient (Wildman–Crippen LogP) is 2.27. The molecule has 2 rings (SSSR count). The van der Waals surface area contributed by atoms with Crippen molar-refractivity contribution >= 4 is 5.97 Å². The Morgan fingerprint density at radius 2 is 2.16 bits per heavy atom. The Labute approximate surface area is 106 Å². The Morgan fingerprint density at radius 1 is 1.37 bits per heavy atom. The molecule has 2 aromatic rings. The minimum Gasteiger partial charge on any atom is -0.490 e. The van der Waals surface area contributed by atoms with Crippen molar-refractivity contribution in [3.05, 3.63) is 47.4 Å². The summed E-state index contributed by atoms with van der Waals surface area (Å²) in [5, 5.41) is 11.9. The van der Waals surface area contributed by atoms with Gasteiger partial charge < -0.3 is 14.4 Å². The molecule has 0 radical (unpaired) electrons. The van der Waals surface area contributed by atoms with Crippen LogP contribution >= 0.6 is 0 Å². The fourth-order valence-electron chi connectivity index (χ4n) is 1.39. The van der Waals surface area contributed by atoms with Crippen molar-refractivity contribution in [2.75, 3.05) is 6.61 Å². The van der Waals surface area contributed by atoms with Gasteiger partial charge in [-0.1, -0.05) is 5.16 Å². The van der Waals surface area contributed by atoms with Gasteiger partial charge in [0.15, 0.2) is 17.3 Å². The molecule has 1 aromatic carbocycles. The van der Waals surface area contributed by atoms with Crippen molar-refractivity contribution in [3.8, 4) is 5.75 Å². The first-order valence-electron chi connectivity index (χ1n) is 5.33. The van der Waals surface area contributed by atoms with Crippen LogP contribution < -0.4 is 4.74 Å². The van der Waals surface area contributed by atoms with Crippen molar-refractivity contribution < 1.29 is 27.9 Å². The molecule has 0 bridgehead atoms. The van der Waals surface area contributed by atoms with Gasteiger partial charge in [0.2, 0.25) is 0 Å². The lowest BCUT2D eigenvalue weighted by atomic mass is 10.3. The standard InChI is InChI=1S/C12H9F2NO4/c13-7-1-2-11(9(14)5-7)18-4-3-8-6-10(12(16)17)15-19-8/h1-2,5-6H,3-4H2,(H,16,17). The average Bonchev–Trinajstić information content (AvgIpc) is 2.81. The summed E-state index contributed by atoms with van der Waals surface area (Å²) in [6, 6.07) is 4.22. The van der Waals surface area contributed by atoms with E-state index >= 15 is 0 Å². The van der Waals surface area contributed by atoms with Gasteiger partial charge in [-0.2, -0.15) is 0 Å². The smallest absolute Gasteiger partial charge is 0.358 e. The molecule has 0 spiro atoms. The quantitative estimate of drug-likeness (QED) is 0.901. The molecule has 1 aromatic heterocycles. The van der Waals surface area contributed by atoms with Gasteiger partial charge in [0, 0.05) is 18.6 Å². The molecule has 1 N–H and O–H groups in total. The van der Waals surface area contributed by atoms with Crippen LogP contribution in [0, 0.1) is 11.6 Å². The first-order valence-corrected chi connectivity index (χ1v) is 5.33. The van der Waals surface area contributed by atoms with E-state index in [1.54, 1.807) is 0 Å². The summed E-state index contributed by atoms with van der Waals surface area (Å²) in [5.74, 6) is -2.46. The van der Waals surface area contributed by atoms with Crippen LogP contribution in [0.15, 0.2) is 28.8 Å². The Balaban J connectivity index is 1.90. The predicted molar refractivity (Wildman–Crippen MR) is 59.0 cm³/mol. The highest BCUT2D eigenvalue weighted by Gasteiger charge is 2.11. The number of nitrogens with zero attached hydrogens (tertiary/aromatic N) is 1. The summed E-state index contributed by atoms with van der Waals surface area (Å²) < 4.78 is 35.7. The lowest BCUT2D eigenvalue weighted by Gasteiger charge is -2.05. The summed E-state index contributed by atoms with van der Waals surface area (Å²) in [4.78, 5) is 10.5. The molecule has 0 saturated heterocycles. The lowest BCUT2D eigenvalue weighted by molar-refractivity contribution is 0.0685. The number of ether oxygens (including phenoxy) is 1. The van der Waals surface area contributed by atoms with E-state index in [-0.39, 0.29) is 24.5 Å². The third kappa shape index (κ3) is 3.27. The number of halogens is 2. The van der Waals surface area contributed by atoms with Crippen LogP contribution in [0.5, 0.6) is 5.75 Å². The fraction of sp³-hybridized carbons (Fsp3) is 0.167. The Morgan fingerprint density at radius 3 is 2.79 bits per heavy atom. The van der Waals surface area contributed by atoms with E-state index in [2.05, 4.69) is 5.16 Å². The van der Waals surface area contributed by atoms with Crippen LogP contribution in [0.2, 0.25) is 0 Å². The second kappa shape index (κ2) is 5.47. The van der Waals surface area contributed by atoms with Crippen molar-refractivity contribution in [1.82, 2.24) is 5.16 Å². The minimum atomic E-state index is -1.19. The van der Waals surface area contributed by atoms with E-state index in [4.69, 9.17) is 14.4 Å².